The Hall–Kier alpha value is -3.19. The molecule has 1 aliphatic heterocycles. The summed E-state index contributed by atoms with van der Waals surface area (Å²) in [4.78, 5) is 25.7. The van der Waals surface area contributed by atoms with Crippen molar-refractivity contribution in [2.24, 2.45) is 4.99 Å². The minimum Gasteiger partial charge on any atom is -0.497 e. The summed E-state index contributed by atoms with van der Waals surface area (Å²) in [6, 6.07) is 13.1. The van der Waals surface area contributed by atoms with Crippen LogP contribution in [0.5, 0.6) is 5.75 Å². The number of nitrogens with zero attached hydrogens (tertiary/aromatic N) is 3. The van der Waals surface area contributed by atoms with Gasteiger partial charge in [0.05, 0.1) is 28.7 Å². The number of carbonyl (C=O) groups is 1. The number of carbonyl (C=O) groups excluding carboxylic acids is 1. The molecule has 1 amide bonds. The van der Waals surface area contributed by atoms with E-state index in [2.05, 4.69) is 20.3 Å². The van der Waals surface area contributed by atoms with Gasteiger partial charge < -0.3 is 10.1 Å². The van der Waals surface area contributed by atoms with Crippen LogP contribution in [-0.2, 0) is 0 Å². The Bertz CT molecular complexity index is 1040. The third-order valence-electron chi connectivity index (χ3n) is 3.76. The fourth-order valence-electron chi connectivity index (χ4n) is 2.52. The Morgan fingerprint density at radius 3 is 2.62 bits per heavy atom. The fraction of sp³-hybridized carbons (Fsp3) is 0.0526. The number of hydrogen-bond acceptors (Lipinski definition) is 6. The average Bonchev–Trinajstić information content (AvgIpc) is 3.01. The molecular formula is C19H14N4O2S. The summed E-state index contributed by atoms with van der Waals surface area (Å²) in [6.07, 6.45) is 5.24. The summed E-state index contributed by atoms with van der Waals surface area (Å²) in [5.74, 6) is 1.29. The fourth-order valence-corrected chi connectivity index (χ4v) is 3.26. The van der Waals surface area contributed by atoms with E-state index in [1.165, 1.54) is 0 Å². The van der Waals surface area contributed by atoms with Crippen molar-refractivity contribution in [1.29, 1.82) is 0 Å². The van der Waals surface area contributed by atoms with Crippen LogP contribution in [0.1, 0.15) is 5.56 Å². The molecule has 4 rings (SSSR count). The second-order valence-corrected chi connectivity index (χ2v) is 6.50. The van der Waals surface area contributed by atoms with Crippen molar-refractivity contribution in [1.82, 2.24) is 15.3 Å². The third kappa shape index (κ3) is 3.43. The van der Waals surface area contributed by atoms with Crippen molar-refractivity contribution in [2.45, 2.75) is 0 Å². The normalized spacial score (nSPS) is 17.0. The lowest BCUT2D eigenvalue weighted by atomic mass is 10.1. The highest BCUT2D eigenvalue weighted by atomic mass is 32.2. The van der Waals surface area contributed by atoms with Gasteiger partial charge in [0.2, 0.25) is 0 Å². The minimum atomic E-state index is -0.149. The molecule has 26 heavy (non-hydrogen) atoms. The molecule has 128 valence electrons. The van der Waals surface area contributed by atoms with Crippen molar-refractivity contribution in [3.05, 3.63) is 65.3 Å². The van der Waals surface area contributed by atoms with Gasteiger partial charge in [0.1, 0.15) is 11.6 Å². The van der Waals surface area contributed by atoms with Crippen LogP contribution >= 0.6 is 11.8 Å². The van der Waals surface area contributed by atoms with E-state index in [1.807, 2.05) is 48.5 Å². The van der Waals surface area contributed by atoms with Crippen LogP contribution in [0.3, 0.4) is 0 Å². The monoisotopic (exact) mass is 362 g/mol. The minimum absolute atomic E-state index is 0.149. The van der Waals surface area contributed by atoms with Crippen LogP contribution in [0.15, 0.2) is 64.8 Å². The highest BCUT2D eigenvalue weighted by Gasteiger charge is 2.23. The number of thioether (sulfide) groups is 1. The second-order valence-electron chi connectivity index (χ2n) is 5.49. The molecule has 3 aromatic rings. The van der Waals surface area contributed by atoms with Gasteiger partial charge in [-0.15, -0.1) is 0 Å². The molecule has 0 aliphatic carbocycles. The zero-order valence-electron chi connectivity index (χ0n) is 13.8. The van der Waals surface area contributed by atoms with Gasteiger partial charge in [0.25, 0.3) is 5.24 Å². The first kappa shape index (κ1) is 16.3. The maximum absolute atomic E-state index is 11.8. The van der Waals surface area contributed by atoms with E-state index in [1.54, 1.807) is 19.5 Å². The van der Waals surface area contributed by atoms with Crippen LogP contribution in [0, 0.1) is 0 Å². The lowest BCUT2D eigenvalue weighted by Gasteiger charge is -2.02. The van der Waals surface area contributed by atoms with Crippen molar-refractivity contribution in [3.8, 4) is 5.75 Å². The van der Waals surface area contributed by atoms with Crippen LogP contribution in [0.2, 0.25) is 0 Å². The van der Waals surface area contributed by atoms with Gasteiger partial charge >= 0.3 is 0 Å². The Balaban J connectivity index is 1.68. The molecule has 1 N–H and O–H groups in total. The average molecular weight is 362 g/mol. The summed E-state index contributed by atoms with van der Waals surface area (Å²) >= 11 is 1.12. The summed E-state index contributed by atoms with van der Waals surface area (Å²) in [6.45, 7) is 0. The van der Waals surface area contributed by atoms with E-state index in [4.69, 9.17) is 4.74 Å². The van der Waals surface area contributed by atoms with Crippen molar-refractivity contribution >= 4 is 45.6 Å². The van der Waals surface area contributed by atoms with Crippen LogP contribution < -0.4 is 10.1 Å². The van der Waals surface area contributed by atoms with E-state index in [0.717, 1.165) is 44.7 Å². The third-order valence-corrected chi connectivity index (χ3v) is 4.58. The standard InChI is InChI=1S/C19H14N4O2S/c1-25-14-5-3-13(4-6-14)22-18-17(26-19(24)23-18)11-12-2-7-15-16(10-12)21-9-8-20-15/h2-11H,1H3,(H,22,23,24)/b17-11-. The Morgan fingerprint density at radius 2 is 1.85 bits per heavy atom. The molecule has 0 bridgehead atoms. The number of methoxy groups -OCH3 is 1. The summed E-state index contributed by atoms with van der Waals surface area (Å²) < 4.78 is 5.15. The van der Waals surface area contributed by atoms with Crippen LogP contribution in [-0.4, -0.2) is 28.2 Å². The quantitative estimate of drug-likeness (QED) is 0.757. The number of ether oxygens (including phenoxy) is 1. The predicted octanol–water partition coefficient (Wildman–Crippen LogP) is 4.17. The van der Waals surface area contributed by atoms with Crippen LogP contribution in [0.4, 0.5) is 10.5 Å². The molecule has 7 heteroatoms. The number of aromatic nitrogens is 2. The van der Waals surface area contributed by atoms with Crippen molar-refractivity contribution in [3.63, 3.8) is 0 Å². The first-order chi connectivity index (χ1) is 12.7. The molecule has 2 aromatic carbocycles. The molecule has 0 atom stereocenters. The molecule has 0 saturated carbocycles. The topological polar surface area (TPSA) is 76.5 Å². The maximum Gasteiger partial charge on any atom is 0.289 e. The number of benzene rings is 2. The summed E-state index contributed by atoms with van der Waals surface area (Å²) in [5.41, 5.74) is 3.30. The number of hydrogen-bond donors (Lipinski definition) is 1. The van der Waals surface area contributed by atoms with Gasteiger partial charge in [0, 0.05) is 12.4 Å². The van der Waals surface area contributed by atoms with Gasteiger partial charge in [-0.25, -0.2) is 4.99 Å². The largest absolute Gasteiger partial charge is 0.497 e. The van der Waals surface area contributed by atoms with Gasteiger partial charge in [-0.1, -0.05) is 6.07 Å². The number of nitrogens with one attached hydrogen (secondary N) is 1. The first-order valence-electron chi connectivity index (χ1n) is 7.86. The van der Waals surface area contributed by atoms with Gasteiger partial charge in [0.15, 0.2) is 0 Å². The molecular weight excluding hydrogens is 348 g/mol. The van der Waals surface area contributed by atoms with E-state index in [9.17, 15) is 4.79 Å². The summed E-state index contributed by atoms with van der Waals surface area (Å²) in [5, 5.41) is 2.64. The zero-order chi connectivity index (χ0) is 17.9. The Labute approximate surface area is 154 Å². The van der Waals surface area contributed by atoms with E-state index < -0.39 is 0 Å². The second kappa shape index (κ2) is 6.97. The van der Waals surface area contributed by atoms with Gasteiger partial charge in [-0.2, -0.15) is 0 Å². The number of amidine groups is 1. The molecule has 1 aliphatic rings. The SMILES string of the molecule is COc1ccc(N=C2NC(=O)S/C2=C\c2ccc3nccnc3c2)cc1. The number of rotatable bonds is 3. The summed E-state index contributed by atoms with van der Waals surface area (Å²) in [7, 11) is 1.61. The molecule has 1 saturated heterocycles. The smallest absolute Gasteiger partial charge is 0.289 e. The van der Waals surface area contributed by atoms with Crippen molar-refractivity contribution < 1.29 is 9.53 Å². The molecule has 1 aromatic heterocycles. The zero-order valence-corrected chi connectivity index (χ0v) is 14.7. The highest BCUT2D eigenvalue weighted by Crippen LogP contribution is 2.29. The molecule has 0 spiro atoms. The molecule has 6 nitrogen and oxygen atoms in total. The molecule has 1 fully saturated rings. The Kier molecular flexibility index (Phi) is 4.37. The van der Waals surface area contributed by atoms with Crippen LogP contribution in [0.25, 0.3) is 17.1 Å². The highest BCUT2D eigenvalue weighted by molar-refractivity contribution is 8.18. The predicted molar refractivity (Wildman–Crippen MR) is 104 cm³/mol. The number of fused-ring (bicyclic) bond motifs is 1. The maximum atomic E-state index is 11.8. The van der Waals surface area contributed by atoms with E-state index >= 15 is 0 Å². The number of amides is 1. The Morgan fingerprint density at radius 1 is 1.08 bits per heavy atom. The first-order valence-corrected chi connectivity index (χ1v) is 8.67. The van der Waals surface area contributed by atoms with Gasteiger partial charge in [-0.05, 0) is 59.8 Å². The lowest BCUT2D eigenvalue weighted by Crippen LogP contribution is -2.18. The van der Waals surface area contributed by atoms with Gasteiger partial charge in [-0.3, -0.25) is 14.8 Å². The lowest BCUT2D eigenvalue weighted by molar-refractivity contribution is 0.265. The van der Waals surface area contributed by atoms with Crippen molar-refractivity contribution in [2.75, 3.05) is 7.11 Å². The molecule has 0 radical (unpaired) electrons. The van der Waals surface area contributed by atoms with E-state index in [-0.39, 0.29) is 5.24 Å². The molecule has 2 heterocycles. The molecule has 0 unspecified atom stereocenters. The van der Waals surface area contributed by atoms with E-state index in [0.29, 0.717) is 5.84 Å². The number of aliphatic imine (C=N–C) groups is 1.